The van der Waals surface area contributed by atoms with Crippen LogP contribution in [0.25, 0.3) is 0 Å². The standard InChI is InChI=1S/C14H22N4O/c1-3-12-11-6-15-5-10(11)9-18(12)13-7-16-8-14(17-13)19-4-2/h7-8,10-12,15H,3-6,9H2,1-2H3. The van der Waals surface area contributed by atoms with Crippen LogP contribution in [0.2, 0.25) is 0 Å². The zero-order valence-electron chi connectivity index (χ0n) is 11.7. The van der Waals surface area contributed by atoms with Gasteiger partial charge in [-0.3, -0.25) is 4.98 Å². The summed E-state index contributed by atoms with van der Waals surface area (Å²) < 4.78 is 5.46. The zero-order chi connectivity index (χ0) is 13.2. The van der Waals surface area contributed by atoms with Gasteiger partial charge in [-0.25, -0.2) is 0 Å². The fourth-order valence-corrected chi connectivity index (χ4v) is 3.50. The average molecular weight is 262 g/mol. The van der Waals surface area contributed by atoms with Gasteiger partial charge in [-0.15, -0.1) is 0 Å². The topological polar surface area (TPSA) is 50.3 Å². The molecule has 104 valence electrons. The van der Waals surface area contributed by atoms with Gasteiger partial charge in [0, 0.05) is 25.7 Å². The van der Waals surface area contributed by atoms with E-state index in [2.05, 4.69) is 27.1 Å². The van der Waals surface area contributed by atoms with E-state index in [4.69, 9.17) is 4.74 Å². The van der Waals surface area contributed by atoms with E-state index in [1.54, 1.807) is 6.20 Å². The molecule has 1 N–H and O–H groups in total. The molecular formula is C14H22N4O. The quantitative estimate of drug-likeness (QED) is 0.886. The van der Waals surface area contributed by atoms with E-state index in [0.29, 0.717) is 18.5 Å². The van der Waals surface area contributed by atoms with Crippen LogP contribution in [-0.2, 0) is 0 Å². The smallest absolute Gasteiger partial charge is 0.234 e. The lowest BCUT2D eigenvalue weighted by atomic mass is 9.93. The molecule has 5 nitrogen and oxygen atoms in total. The minimum Gasteiger partial charge on any atom is -0.477 e. The van der Waals surface area contributed by atoms with Crippen LogP contribution in [0.1, 0.15) is 20.3 Å². The Morgan fingerprint density at radius 3 is 3.05 bits per heavy atom. The van der Waals surface area contributed by atoms with Crippen molar-refractivity contribution in [3.05, 3.63) is 12.4 Å². The molecule has 2 aliphatic rings. The number of anilines is 1. The summed E-state index contributed by atoms with van der Waals surface area (Å²) in [6.45, 7) is 8.22. The Bertz CT molecular complexity index is 439. The molecule has 0 amide bonds. The van der Waals surface area contributed by atoms with Crippen molar-refractivity contribution in [2.24, 2.45) is 11.8 Å². The van der Waals surface area contributed by atoms with Crippen LogP contribution < -0.4 is 15.0 Å². The summed E-state index contributed by atoms with van der Waals surface area (Å²) >= 11 is 0. The molecule has 2 aliphatic heterocycles. The molecular weight excluding hydrogens is 240 g/mol. The first-order valence-electron chi connectivity index (χ1n) is 7.25. The lowest BCUT2D eigenvalue weighted by Gasteiger charge is -2.27. The van der Waals surface area contributed by atoms with Crippen LogP contribution in [0.4, 0.5) is 5.82 Å². The summed E-state index contributed by atoms with van der Waals surface area (Å²) in [5, 5.41) is 3.50. The van der Waals surface area contributed by atoms with Crippen LogP contribution >= 0.6 is 0 Å². The molecule has 0 bridgehead atoms. The van der Waals surface area contributed by atoms with Crippen LogP contribution in [-0.4, -0.2) is 42.3 Å². The predicted molar refractivity (Wildman–Crippen MR) is 74.5 cm³/mol. The maximum atomic E-state index is 5.46. The maximum Gasteiger partial charge on any atom is 0.234 e. The minimum absolute atomic E-state index is 0.575. The Morgan fingerprint density at radius 1 is 1.37 bits per heavy atom. The van der Waals surface area contributed by atoms with E-state index < -0.39 is 0 Å². The Morgan fingerprint density at radius 2 is 2.26 bits per heavy atom. The molecule has 19 heavy (non-hydrogen) atoms. The molecule has 5 heteroatoms. The molecule has 2 fully saturated rings. The Kier molecular flexibility index (Phi) is 3.55. The second-order valence-electron chi connectivity index (χ2n) is 5.36. The monoisotopic (exact) mass is 262 g/mol. The molecule has 3 unspecified atom stereocenters. The summed E-state index contributed by atoms with van der Waals surface area (Å²) in [5.74, 6) is 3.10. The van der Waals surface area contributed by atoms with E-state index >= 15 is 0 Å². The molecule has 0 spiro atoms. The van der Waals surface area contributed by atoms with Gasteiger partial charge in [0.2, 0.25) is 5.88 Å². The highest BCUT2D eigenvalue weighted by atomic mass is 16.5. The zero-order valence-corrected chi connectivity index (χ0v) is 11.7. The third-order valence-corrected chi connectivity index (χ3v) is 4.32. The normalized spacial score (nSPS) is 29.6. The summed E-state index contributed by atoms with van der Waals surface area (Å²) in [4.78, 5) is 11.3. The van der Waals surface area contributed by atoms with Gasteiger partial charge < -0.3 is 15.0 Å². The van der Waals surface area contributed by atoms with Gasteiger partial charge in [-0.1, -0.05) is 6.92 Å². The van der Waals surface area contributed by atoms with Crippen LogP contribution in [0.15, 0.2) is 12.4 Å². The number of nitrogens with zero attached hydrogens (tertiary/aromatic N) is 3. The second kappa shape index (κ2) is 5.33. The van der Waals surface area contributed by atoms with Crippen molar-refractivity contribution in [3.63, 3.8) is 0 Å². The summed E-state index contributed by atoms with van der Waals surface area (Å²) in [7, 11) is 0. The van der Waals surface area contributed by atoms with Gasteiger partial charge >= 0.3 is 0 Å². The first-order valence-corrected chi connectivity index (χ1v) is 7.25. The third-order valence-electron chi connectivity index (χ3n) is 4.32. The van der Waals surface area contributed by atoms with Crippen LogP contribution in [0, 0.1) is 11.8 Å². The van der Waals surface area contributed by atoms with E-state index in [-0.39, 0.29) is 0 Å². The van der Waals surface area contributed by atoms with Gasteiger partial charge in [0.25, 0.3) is 0 Å². The van der Waals surface area contributed by atoms with E-state index in [9.17, 15) is 0 Å². The molecule has 0 aliphatic carbocycles. The largest absolute Gasteiger partial charge is 0.477 e. The highest BCUT2D eigenvalue weighted by Crippen LogP contribution is 2.36. The van der Waals surface area contributed by atoms with E-state index in [0.717, 1.165) is 43.7 Å². The van der Waals surface area contributed by atoms with Crippen molar-refractivity contribution in [1.29, 1.82) is 0 Å². The molecule has 3 atom stereocenters. The molecule has 3 heterocycles. The van der Waals surface area contributed by atoms with Crippen molar-refractivity contribution in [2.45, 2.75) is 26.3 Å². The highest BCUT2D eigenvalue weighted by molar-refractivity contribution is 5.42. The number of fused-ring (bicyclic) bond motifs is 1. The van der Waals surface area contributed by atoms with Gasteiger partial charge in [0.15, 0.2) is 5.82 Å². The van der Waals surface area contributed by atoms with Gasteiger partial charge in [-0.2, -0.15) is 4.98 Å². The summed E-state index contributed by atoms with van der Waals surface area (Å²) in [6, 6.07) is 0.575. The molecule has 1 aromatic rings. The van der Waals surface area contributed by atoms with Crippen molar-refractivity contribution in [2.75, 3.05) is 31.1 Å². The lowest BCUT2D eigenvalue weighted by molar-refractivity contribution is 0.325. The van der Waals surface area contributed by atoms with Crippen molar-refractivity contribution < 1.29 is 4.74 Å². The Hall–Kier alpha value is -1.36. The number of aromatic nitrogens is 2. The number of ether oxygens (including phenoxy) is 1. The number of nitrogens with one attached hydrogen (secondary N) is 1. The number of hydrogen-bond donors (Lipinski definition) is 1. The predicted octanol–water partition coefficient (Wildman–Crippen LogP) is 1.31. The minimum atomic E-state index is 0.575. The van der Waals surface area contributed by atoms with Crippen LogP contribution in [0.5, 0.6) is 5.88 Å². The SMILES string of the molecule is CCOc1cncc(N2CC3CNCC3C2CC)n1. The van der Waals surface area contributed by atoms with Crippen molar-refractivity contribution in [3.8, 4) is 5.88 Å². The summed E-state index contributed by atoms with van der Waals surface area (Å²) in [5.41, 5.74) is 0. The van der Waals surface area contributed by atoms with Crippen molar-refractivity contribution >= 4 is 5.82 Å². The Balaban J connectivity index is 1.83. The fourth-order valence-electron chi connectivity index (χ4n) is 3.50. The van der Waals surface area contributed by atoms with E-state index in [1.165, 1.54) is 0 Å². The molecule has 0 radical (unpaired) electrons. The summed E-state index contributed by atoms with van der Waals surface area (Å²) in [6.07, 6.45) is 4.70. The number of hydrogen-bond acceptors (Lipinski definition) is 5. The molecule has 0 aromatic carbocycles. The first-order chi connectivity index (χ1) is 9.33. The Labute approximate surface area is 114 Å². The maximum absolute atomic E-state index is 5.46. The molecule has 1 aromatic heterocycles. The van der Waals surface area contributed by atoms with Gasteiger partial charge in [0.05, 0.1) is 19.0 Å². The number of rotatable bonds is 4. The van der Waals surface area contributed by atoms with Gasteiger partial charge in [0.1, 0.15) is 0 Å². The van der Waals surface area contributed by atoms with E-state index in [1.807, 2.05) is 13.1 Å². The molecule has 0 saturated carbocycles. The molecule has 3 rings (SSSR count). The van der Waals surface area contributed by atoms with Gasteiger partial charge in [-0.05, 0) is 25.2 Å². The third kappa shape index (κ3) is 2.27. The first kappa shape index (κ1) is 12.7. The lowest BCUT2D eigenvalue weighted by Crippen LogP contribution is -2.35. The van der Waals surface area contributed by atoms with Crippen molar-refractivity contribution in [1.82, 2.24) is 15.3 Å². The second-order valence-corrected chi connectivity index (χ2v) is 5.36. The fraction of sp³-hybridized carbons (Fsp3) is 0.714. The molecule has 2 saturated heterocycles. The highest BCUT2D eigenvalue weighted by Gasteiger charge is 2.43. The average Bonchev–Trinajstić information content (AvgIpc) is 2.99. The van der Waals surface area contributed by atoms with Crippen LogP contribution in [0.3, 0.4) is 0 Å².